The number of dihydropyridines is 1. The molecule has 0 saturated heterocycles. The van der Waals surface area contributed by atoms with E-state index < -0.39 is 11.9 Å². The lowest BCUT2D eigenvalue weighted by Crippen LogP contribution is -2.36. The number of ketones is 1. The summed E-state index contributed by atoms with van der Waals surface area (Å²) in [5, 5.41) is 3.31. The third kappa shape index (κ3) is 4.61. The molecule has 0 amide bonds. The van der Waals surface area contributed by atoms with Crippen LogP contribution in [0, 0.1) is 5.82 Å². The largest absolute Gasteiger partial charge is 0.496 e. The first-order chi connectivity index (χ1) is 16.4. The van der Waals surface area contributed by atoms with Gasteiger partial charge in [0, 0.05) is 42.3 Å². The third-order valence-electron chi connectivity index (χ3n) is 6.35. The minimum atomic E-state index is -0.641. The number of esters is 1. The first-order valence-corrected chi connectivity index (χ1v) is 11.2. The van der Waals surface area contributed by atoms with E-state index in [4.69, 9.17) is 14.2 Å². The van der Waals surface area contributed by atoms with E-state index in [0.717, 1.165) is 17.0 Å². The standard InChI is InChI=1S/C27H28FNO5/c1-16-24(27(31)34-13-12-32-2)25(17-8-10-19(28)11-9-17)26-21(29-16)14-18(15-22(26)30)20-6-4-5-7-23(20)33-3/h4-11,18,25,29H,12-15H2,1-3H3/t18-,25-/m1/s1. The van der Waals surface area contributed by atoms with Crippen LogP contribution in [-0.4, -0.2) is 39.2 Å². The Bertz CT molecular complexity index is 1150. The number of hydrogen-bond donors (Lipinski definition) is 1. The molecule has 4 rings (SSSR count). The smallest absolute Gasteiger partial charge is 0.336 e. The summed E-state index contributed by atoms with van der Waals surface area (Å²) in [6.07, 6.45) is 0.867. The van der Waals surface area contributed by atoms with Gasteiger partial charge in [-0.25, -0.2) is 9.18 Å². The van der Waals surface area contributed by atoms with E-state index in [1.54, 1.807) is 26.2 Å². The molecule has 0 spiro atoms. The number of carbonyl (C=O) groups excluding carboxylic acids is 2. The van der Waals surface area contributed by atoms with Crippen molar-refractivity contribution in [3.05, 3.63) is 88.0 Å². The summed E-state index contributed by atoms with van der Waals surface area (Å²) in [6.45, 7) is 2.16. The number of ether oxygens (including phenoxy) is 3. The van der Waals surface area contributed by atoms with Crippen LogP contribution in [0.3, 0.4) is 0 Å². The van der Waals surface area contributed by atoms with Crippen molar-refractivity contribution < 1.29 is 28.2 Å². The predicted molar refractivity (Wildman–Crippen MR) is 125 cm³/mol. The monoisotopic (exact) mass is 465 g/mol. The Labute approximate surface area is 198 Å². The van der Waals surface area contributed by atoms with Gasteiger partial charge in [0.1, 0.15) is 18.2 Å². The number of methoxy groups -OCH3 is 2. The lowest BCUT2D eigenvalue weighted by Gasteiger charge is -2.37. The Morgan fingerprint density at radius 1 is 1.06 bits per heavy atom. The van der Waals surface area contributed by atoms with Crippen molar-refractivity contribution in [3.8, 4) is 5.75 Å². The van der Waals surface area contributed by atoms with Gasteiger partial charge in [0.15, 0.2) is 5.78 Å². The number of halogens is 1. The van der Waals surface area contributed by atoms with Crippen LogP contribution < -0.4 is 10.1 Å². The highest BCUT2D eigenvalue weighted by atomic mass is 19.1. The number of Topliss-reactive ketones (excluding diaryl/α,β-unsaturated/α-hetero) is 1. The molecule has 0 radical (unpaired) electrons. The second-order valence-corrected chi connectivity index (χ2v) is 8.44. The summed E-state index contributed by atoms with van der Waals surface area (Å²) < 4.78 is 29.6. The van der Waals surface area contributed by atoms with Gasteiger partial charge in [0.2, 0.25) is 0 Å². The summed E-state index contributed by atoms with van der Waals surface area (Å²) >= 11 is 0. The van der Waals surface area contributed by atoms with Gasteiger partial charge >= 0.3 is 5.97 Å². The second kappa shape index (κ2) is 10.2. The van der Waals surface area contributed by atoms with E-state index in [1.165, 1.54) is 19.2 Å². The van der Waals surface area contributed by atoms with Gasteiger partial charge in [-0.3, -0.25) is 4.79 Å². The highest BCUT2D eigenvalue weighted by Gasteiger charge is 2.41. The quantitative estimate of drug-likeness (QED) is 0.483. The maximum Gasteiger partial charge on any atom is 0.336 e. The molecule has 1 aliphatic heterocycles. The molecule has 7 heteroatoms. The average molecular weight is 466 g/mol. The Kier molecular flexibility index (Phi) is 7.12. The fourth-order valence-corrected chi connectivity index (χ4v) is 4.82. The molecule has 0 bridgehead atoms. The van der Waals surface area contributed by atoms with E-state index in [1.807, 2.05) is 24.3 Å². The minimum Gasteiger partial charge on any atom is -0.496 e. The lowest BCUT2D eigenvalue weighted by atomic mass is 9.71. The zero-order valence-corrected chi connectivity index (χ0v) is 19.5. The molecule has 2 aromatic rings. The Morgan fingerprint density at radius 2 is 1.79 bits per heavy atom. The number of rotatable bonds is 7. The molecule has 1 N–H and O–H groups in total. The SMILES string of the molecule is COCCOC(=O)C1=C(C)NC2=C(C(=O)C[C@H](c3ccccc3OC)C2)[C@@H]1c1ccc(F)cc1. The van der Waals surface area contributed by atoms with Crippen molar-refractivity contribution in [3.63, 3.8) is 0 Å². The Hall–Kier alpha value is -3.45. The molecule has 0 unspecified atom stereocenters. The topological polar surface area (TPSA) is 73.9 Å². The molecule has 0 aromatic heterocycles. The van der Waals surface area contributed by atoms with E-state index in [-0.39, 0.29) is 37.2 Å². The summed E-state index contributed by atoms with van der Waals surface area (Å²) in [5.74, 6) is -0.936. The van der Waals surface area contributed by atoms with Gasteiger partial charge in [-0.2, -0.15) is 0 Å². The van der Waals surface area contributed by atoms with E-state index in [2.05, 4.69) is 5.32 Å². The van der Waals surface area contributed by atoms with Crippen LogP contribution in [0.15, 0.2) is 71.1 Å². The number of para-hydroxylation sites is 1. The fourth-order valence-electron chi connectivity index (χ4n) is 4.82. The first kappa shape index (κ1) is 23.7. The van der Waals surface area contributed by atoms with Gasteiger partial charge < -0.3 is 19.5 Å². The maximum absolute atomic E-state index is 13.7. The third-order valence-corrected chi connectivity index (χ3v) is 6.35. The molecule has 6 nitrogen and oxygen atoms in total. The van der Waals surface area contributed by atoms with Crippen molar-refractivity contribution >= 4 is 11.8 Å². The fraction of sp³-hybridized carbons (Fsp3) is 0.333. The summed E-state index contributed by atoms with van der Waals surface area (Å²) in [6, 6.07) is 13.6. The zero-order valence-electron chi connectivity index (χ0n) is 19.5. The lowest BCUT2D eigenvalue weighted by molar-refractivity contribution is -0.140. The van der Waals surface area contributed by atoms with Crippen LogP contribution in [0.1, 0.15) is 42.7 Å². The van der Waals surface area contributed by atoms with Crippen LogP contribution in [0.5, 0.6) is 5.75 Å². The highest BCUT2D eigenvalue weighted by Crippen LogP contribution is 2.46. The highest BCUT2D eigenvalue weighted by molar-refractivity contribution is 6.04. The number of benzene rings is 2. The van der Waals surface area contributed by atoms with Crippen molar-refractivity contribution in [1.29, 1.82) is 0 Å². The van der Waals surface area contributed by atoms with Crippen LogP contribution in [0.4, 0.5) is 4.39 Å². The molecule has 1 aliphatic carbocycles. The average Bonchev–Trinajstić information content (AvgIpc) is 2.83. The number of carbonyl (C=O) groups is 2. The minimum absolute atomic E-state index is 0.0614. The summed E-state index contributed by atoms with van der Waals surface area (Å²) in [5.41, 5.74) is 3.90. The molecule has 1 heterocycles. The normalized spacial score (nSPS) is 20.1. The Balaban J connectivity index is 1.75. The van der Waals surface area contributed by atoms with Crippen LogP contribution in [-0.2, 0) is 19.1 Å². The summed E-state index contributed by atoms with van der Waals surface area (Å²) in [4.78, 5) is 26.7. The van der Waals surface area contributed by atoms with Gasteiger partial charge in [0.05, 0.1) is 19.3 Å². The molecule has 34 heavy (non-hydrogen) atoms. The number of hydrogen-bond acceptors (Lipinski definition) is 6. The van der Waals surface area contributed by atoms with E-state index >= 15 is 0 Å². The predicted octanol–water partition coefficient (Wildman–Crippen LogP) is 4.39. The summed E-state index contributed by atoms with van der Waals surface area (Å²) in [7, 11) is 3.14. The van der Waals surface area contributed by atoms with Crippen LogP contribution >= 0.6 is 0 Å². The Morgan fingerprint density at radius 3 is 2.50 bits per heavy atom. The molecule has 2 aromatic carbocycles. The first-order valence-electron chi connectivity index (χ1n) is 11.2. The van der Waals surface area contributed by atoms with E-state index in [9.17, 15) is 14.0 Å². The van der Waals surface area contributed by atoms with Crippen molar-refractivity contribution in [2.45, 2.75) is 31.6 Å². The van der Waals surface area contributed by atoms with Crippen molar-refractivity contribution in [2.24, 2.45) is 0 Å². The maximum atomic E-state index is 13.7. The zero-order chi connectivity index (χ0) is 24.2. The van der Waals surface area contributed by atoms with Gasteiger partial charge in [-0.05, 0) is 42.7 Å². The number of allylic oxidation sites excluding steroid dienone is 3. The van der Waals surface area contributed by atoms with Crippen molar-refractivity contribution in [2.75, 3.05) is 27.4 Å². The molecule has 2 aliphatic rings. The van der Waals surface area contributed by atoms with Crippen LogP contribution in [0.2, 0.25) is 0 Å². The van der Waals surface area contributed by atoms with Crippen molar-refractivity contribution in [1.82, 2.24) is 5.32 Å². The molecule has 0 fully saturated rings. The molecule has 178 valence electrons. The van der Waals surface area contributed by atoms with Gasteiger partial charge in [-0.1, -0.05) is 30.3 Å². The molecular weight excluding hydrogens is 437 g/mol. The van der Waals surface area contributed by atoms with Crippen LogP contribution in [0.25, 0.3) is 0 Å². The molecular formula is C27H28FNO5. The molecule has 2 atom stereocenters. The van der Waals surface area contributed by atoms with E-state index in [0.29, 0.717) is 28.8 Å². The number of nitrogens with one attached hydrogen (secondary N) is 1. The second-order valence-electron chi connectivity index (χ2n) is 8.44. The van der Waals surface area contributed by atoms with Gasteiger partial charge in [-0.15, -0.1) is 0 Å². The van der Waals surface area contributed by atoms with Gasteiger partial charge in [0.25, 0.3) is 0 Å². The molecule has 0 saturated carbocycles.